The minimum atomic E-state index is -0.127. The van der Waals surface area contributed by atoms with E-state index in [0.717, 1.165) is 18.7 Å². The van der Waals surface area contributed by atoms with Crippen molar-refractivity contribution in [2.75, 3.05) is 33.4 Å². The summed E-state index contributed by atoms with van der Waals surface area (Å²) in [5.41, 5.74) is 2.36. The van der Waals surface area contributed by atoms with Crippen LogP contribution in [0.1, 0.15) is 11.1 Å². The average molecular weight is 355 g/mol. The molecule has 0 radical (unpaired) electrons. The number of ether oxygens (including phenoxy) is 2. The van der Waals surface area contributed by atoms with E-state index in [1.807, 2.05) is 47.4 Å². The van der Waals surface area contributed by atoms with Crippen molar-refractivity contribution in [2.24, 2.45) is 0 Å². The van der Waals surface area contributed by atoms with Crippen molar-refractivity contribution in [3.63, 3.8) is 0 Å². The topological polar surface area (TPSA) is 55.4 Å². The largest absolute Gasteiger partial charge is 0.497 e. The number of quaternary nitrogens is 1. The molecule has 1 amide bonds. The molecule has 0 bridgehead atoms. The molecule has 1 fully saturated rings. The highest BCUT2D eigenvalue weighted by Crippen LogP contribution is 2.11. The maximum atomic E-state index is 13.0. The van der Waals surface area contributed by atoms with Crippen molar-refractivity contribution in [1.29, 1.82) is 0 Å². The summed E-state index contributed by atoms with van der Waals surface area (Å²) in [6.45, 7) is 3.38. The third kappa shape index (κ3) is 5.07. The minimum Gasteiger partial charge on any atom is -0.497 e. The molecule has 0 spiro atoms. The molecule has 0 saturated carbocycles. The Morgan fingerprint density at radius 2 is 1.77 bits per heavy atom. The van der Waals surface area contributed by atoms with E-state index >= 15 is 0 Å². The van der Waals surface area contributed by atoms with Crippen LogP contribution in [-0.4, -0.2) is 50.3 Å². The van der Waals surface area contributed by atoms with Gasteiger partial charge in [-0.15, -0.1) is 0 Å². The Kier molecular flexibility index (Phi) is 6.63. The number of nitrogens with zero attached hydrogens (tertiary/aromatic N) is 1. The molecular formula is C21H27N2O3+. The summed E-state index contributed by atoms with van der Waals surface area (Å²) >= 11 is 0. The molecule has 5 heteroatoms. The Labute approximate surface area is 154 Å². The number of carbonyl (C=O) groups excluding carboxylic acids is 1. The van der Waals surface area contributed by atoms with Gasteiger partial charge in [-0.25, -0.2) is 0 Å². The van der Waals surface area contributed by atoms with E-state index in [2.05, 4.69) is 17.4 Å². The maximum absolute atomic E-state index is 13.0. The van der Waals surface area contributed by atoms with Gasteiger partial charge in [-0.05, 0) is 29.8 Å². The summed E-state index contributed by atoms with van der Waals surface area (Å²) < 4.78 is 10.6. The van der Waals surface area contributed by atoms with Crippen LogP contribution in [0.25, 0.3) is 0 Å². The Bertz CT molecular complexity index is 682. The third-order valence-corrected chi connectivity index (χ3v) is 4.74. The van der Waals surface area contributed by atoms with Crippen LogP contribution in [0.2, 0.25) is 0 Å². The minimum absolute atomic E-state index is 0.127. The Hall–Kier alpha value is -2.37. The predicted octanol–water partition coefficient (Wildman–Crippen LogP) is 1.23. The van der Waals surface area contributed by atoms with Crippen molar-refractivity contribution in [3.8, 4) is 5.75 Å². The highest BCUT2D eigenvalue weighted by Gasteiger charge is 2.28. The zero-order chi connectivity index (χ0) is 18.2. The fourth-order valence-corrected chi connectivity index (χ4v) is 3.20. The van der Waals surface area contributed by atoms with Gasteiger partial charge in [0, 0.05) is 25.1 Å². The fourth-order valence-electron chi connectivity index (χ4n) is 3.20. The molecule has 3 rings (SSSR count). The van der Waals surface area contributed by atoms with Gasteiger partial charge in [0.1, 0.15) is 12.3 Å². The lowest BCUT2D eigenvalue weighted by atomic mass is 10.0. The highest BCUT2D eigenvalue weighted by atomic mass is 16.5. The number of benzene rings is 2. The van der Waals surface area contributed by atoms with E-state index in [4.69, 9.17) is 9.47 Å². The van der Waals surface area contributed by atoms with Gasteiger partial charge in [0.15, 0.2) is 6.04 Å². The molecule has 1 saturated heterocycles. The van der Waals surface area contributed by atoms with Crippen LogP contribution in [0.15, 0.2) is 54.6 Å². The van der Waals surface area contributed by atoms with Crippen LogP contribution in [-0.2, 0) is 22.5 Å². The molecule has 0 aromatic heterocycles. The standard InChI is InChI=1S/C21H26N2O3/c1-25-19-9-7-18(8-10-19)16-22-20(15-17-5-3-2-4-6-17)21(24)23-11-13-26-14-12-23/h2-10,20,22H,11-16H2,1H3/p+1/t20-/m1/s1. The van der Waals surface area contributed by atoms with Crippen LogP contribution < -0.4 is 10.1 Å². The van der Waals surface area contributed by atoms with Gasteiger partial charge in [0.05, 0.1) is 20.3 Å². The molecule has 1 atom stereocenters. The predicted molar refractivity (Wildman–Crippen MR) is 100.0 cm³/mol. The van der Waals surface area contributed by atoms with Crippen molar-refractivity contribution < 1.29 is 19.6 Å². The van der Waals surface area contributed by atoms with Crippen molar-refractivity contribution in [3.05, 3.63) is 65.7 Å². The molecule has 138 valence electrons. The number of methoxy groups -OCH3 is 1. The Morgan fingerprint density at radius 3 is 2.42 bits per heavy atom. The summed E-state index contributed by atoms with van der Waals surface area (Å²) in [6, 6.07) is 18.1. The van der Waals surface area contributed by atoms with E-state index in [1.54, 1.807) is 7.11 Å². The van der Waals surface area contributed by atoms with E-state index in [0.29, 0.717) is 26.3 Å². The number of morpholine rings is 1. The number of nitrogens with two attached hydrogens (primary N) is 1. The molecule has 1 aliphatic heterocycles. The number of carbonyl (C=O) groups is 1. The van der Waals surface area contributed by atoms with Gasteiger partial charge >= 0.3 is 0 Å². The molecule has 5 nitrogen and oxygen atoms in total. The van der Waals surface area contributed by atoms with Crippen molar-refractivity contribution >= 4 is 5.91 Å². The Balaban J connectivity index is 1.67. The smallest absolute Gasteiger partial charge is 0.281 e. The van der Waals surface area contributed by atoms with Gasteiger partial charge in [-0.2, -0.15) is 0 Å². The first-order valence-corrected chi connectivity index (χ1v) is 9.13. The van der Waals surface area contributed by atoms with Crippen LogP contribution in [0.5, 0.6) is 5.75 Å². The third-order valence-electron chi connectivity index (χ3n) is 4.74. The monoisotopic (exact) mass is 355 g/mol. The Morgan fingerprint density at radius 1 is 1.08 bits per heavy atom. The van der Waals surface area contributed by atoms with Crippen LogP contribution >= 0.6 is 0 Å². The lowest BCUT2D eigenvalue weighted by Gasteiger charge is -2.29. The van der Waals surface area contributed by atoms with Gasteiger partial charge in [-0.1, -0.05) is 30.3 Å². The normalized spacial score (nSPS) is 15.5. The molecule has 1 aliphatic rings. The lowest BCUT2D eigenvalue weighted by Crippen LogP contribution is -2.92. The first kappa shape index (κ1) is 18.4. The number of rotatable bonds is 7. The van der Waals surface area contributed by atoms with Crippen LogP contribution in [0, 0.1) is 0 Å². The van der Waals surface area contributed by atoms with E-state index in [9.17, 15) is 4.79 Å². The molecule has 0 unspecified atom stereocenters. The molecule has 1 heterocycles. The van der Waals surface area contributed by atoms with Gasteiger partial charge < -0.3 is 19.7 Å². The maximum Gasteiger partial charge on any atom is 0.281 e. The molecule has 2 N–H and O–H groups in total. The second-order valence-electron chi connectivity index (χ2n) is 6.52. The SMILES string of the molecule is COc1ccc(C[NH2+][C@H](Cc2ccccc2)C(=O)N2CCOCC2)cc1. The van der Waals surface area contributed by atoms with Gasteiger partial charge in [-0.3, -0.25) is 4.79 Å². The first-order valence-electron chi connectivity index (χ1n) is 9.13. The summed E-state index contributed by atoms with van der Waals surface area (Å²) in [7, 11) is 1.66. The van der Waals surface area contributed by atoms with Crippen LogP contribution in [0.4, 0.5) is 0 Å². The summed E-state index contributed by atoms with van der Waals surface area (Å²) in [5.74, 6) is 1.05. The second-order valence-corrected chi connectivity index (χ2v) is 6.52. The summed E-state index contributed by atoms with van der Waals surface area (Å²) in [6.07, 6.45) is 0.729. The molecule has 26 heavy (non-hydrogen) atoms. The second kappa shape index (κ2) is 9.36. The van der Waals surface area contributed by atoms with Crippen molar-refractivity contribution in [1.82, 2.24) is 4.90 Å². The molecule has 0 aliphatic carbocycles. The van der Waals surface area contributed by atoms with E-state index < -0.39 is 0 Å². The lowest BCUT2D eigenvalue weighted by molar-refractivity contribution is -0.692. The van der Waals surface area contributed by atoms with E-state index in [-0.39, 0.29) is 11.9 Å². The summed E-state index contributed by atoms with van der Waals surface area (Å²) in [4.78, 5) is 15.0. The highest BCUT2D eigenvalue weighted by molar-refractivity contribution is 5.80. The van der Waals surface area contributed by atoms with Gasteiger partial charge in [0.2, 0.25) is 0 Å². The first-order chi connectivity index (χ1) is 12.8. The van der Waals surface area contributed by atoms with E-state index in [1.165, 1.54) is 11.1 Å². The average Bonchev–Trinajstić information content (AvgIpc) is 2.72. The molecule has 2 aromatic carbocycles. The summed E-state index contributed by atoms with van der Waals surface area (Å²) in [5, 5.41) is 2.15. The van der Waals surface area contributed by atoms with Crippen molar-refractivity contribution in [2.45, 2.75) is 19.0 Å². The zero-order valence-corrected chi connectivity index (χ0v) is 15.3. The number of hydrogen-bond acceptors (Lipinski definition) is 3. The fraction of sp³-hybridized carbons (Fsp3) is 0.381. The molecule has 2 aromatic rings. The van der Waals surface area contributed by atoms with Gasteiger partial charge in [0.25, 0.3) is 5.91 Å². The number of hydrogen-bond donors (Lipinski definition) is 1. The molecular weight excluding hydrogens is 328 g/mol. The zero-order valence-electron chi connectivity index (χ0n) is 15.3. The number of amides is 1. The van der Waals surface area contributed by atoms with Crippen LogP contribution in [0.3, 0.4) is 0 Å². The quantitative estimate of drug-likeness (QED) is 0.813.